The summed E-state index contributed by atoms with van der Waals surface area (Å²) in [5.74, 6) is -1.35. The molecule has 1 unspecified atom stereocenters. The van der Waals surface area contributed by atoms with Gasteiger partial charge in [0.2, 0.25) is 5.91 Å². The number of nitrogens with two attached hydrogens (primary N) is 1. The molecule has 0 aliphatic carbocycles. The van der Waals surface area contributed by atoms with Gasteiger partial charge in [-0.05, 0) is 24.0 Å². The van der Waals surface area contributed by atoms with Crippen molar-refractivity contribution in [3.63, 3.8) is 0 Å². The van der Waals surface area contributed by atoms with Crippen molar-refractivity contribution in [3.05, 3.63) is 71.8 Å². The molecule has 0 heterocycles. The van der Waals surface area contributed by atoms with Gasteiger partial charge in [-0.3, -0.25) is 4.79 Å². The Kier molecular flexibility index (Phi) is 12.0. The first kappa shape index (κ1) is 25.3. The number of amides is 1. The number of hydrogen-bond acceptors (Lipinski definition) is 5. The van der Waals surface area contributed by atoms with Gasteiger partial charge >= 0.3 is 5.97 Å². The topological polar surface area (TPSA) is 111 Å². The molecule has 0 bridgehead atoms. The van der Waals surface area contributed by atoms with Gasteiger partial charge in [-0.15, -0.1) is 0 Å². The van der Waals surface area contributed by atoms with E-state index in [1.54, 1.807) is 14.2 Å². The van der Waals surface area contributed by atoms with Crippen molar-refractivity contribution in [2.75, 3.05) is 14.2 Å². The minimum absolute atomic E-state index is 0.0831. The Hall–Kier alpha value is -2.74. The van der Waals surface area contributed by atoms with Crippen LogP contribution in [0.1, 0.15) is 24.5 Å². The highest BCUT2D eigenvalue weighted by Crippen LogP contribution is 2.08. The molecule has 2 atom stereocenters. The number of carboxylic acid groups (broad SMARTS) is 1. The Morgan fingerprint density at radius 3 is 1.90 bits per heavy atom. The predicted molar refractivity (Wildman–Crippen MR) is 116 cm³/mol. The molecule has 1 amide bonds. The average molecular weight is 417 g/mol. The lowest BCUT2D eigenvalue weighted by Crippen LogP contribution is -2.41. The molecule has 0 spiro atoms. The van der Waals surface area contributed by atoms with Crippen LogP contribution in [0.5, 0.6) is 0 Å². The minimum atomic E-state index is -1.02. The molecule has 0 aliphatic heterocycles. The summed E-state index contributed by atoms with van der Waals surface area (Å²) in [7, 11) is 3.22. The monoisotopic (exact) mass is 416 g/mol. The van der Waals surface area contributed by atoms with Crippen LogP contribution in [0.4, 0.5) is 0 Å². The van der Waals surface area contributed by atoms with E-state index in [4.69, 9.17) is 20.3 Å². The minimum Gasteiger partial charge on any atom is -0.480 e. The molecule has 0 aliphatic rings. The Morgan fingerprint density at radius 1 is 0.967 bits per heavy atom. The first-order valence-electron chi connectivity index (χ1n) is 9.76. The van der Waals surface area contributed by atoms with Gasteiger partial charge in [0.15, 0.2) is 6.29 Å². The molecule has 4 N–H and O–H groups in total. The van der Waals surface area contributed by atoms with Crippen LogP contribution in [0.2, 0.25) is 0 Å². The maximum atomic E-state index is 10.8. The fourth-order valence-electron chi connectivity index (χ4n) is 2.86. The van der Waals surface area contributed by atoms with Crippen LogP contribution in [-0.4, -0.2) is 49.6 Å². The number of benzene rings is 2. The summed E-state index contributed by atoms with van der Waals surface area (Å²) in [6.07, 6.45) is 1.80. The SMILES string of the molecule is CC(=O)NC(Cc1ccccc1)C(=O)O.COC(OC)[C@@H](N)CCc1ccccc1. The zero-order chi connectivity index (χ0) is 22.4. The molecule has 0 aromatic heterocycles. The highest BCUT2D eigenvalue weighted by Gasteiger charge is 2.18. The summed E-state index contributed by atoms with van der Waals surface area (Å²) in [5.41, 5.74) is 8.12. The zero-order valence-electron chi connectivity index (χ0n) is 17.8. The zero-order valence-corrected chi connectivity index (χ0v) is 17.8. The molecule has 2 rings (SSSR count). The number of hydrogen-bond donors (Lipinski definition) is 3. The quantitative estimate of drug-likeness (QED) is 0.513. The molecule has 2 aromatic carbocycles. The molecular formula is C23H32N2O5. The van der Waals surface area contributed by atoms with Crippen molar-refractivity contribution in [3.8, 4) is 0 Å². The Morgan fingerprint density at radius 2 is 1.47 bits per heavy atom. The number of nitrogens with one attached hydrogen (secondary N) is 1. The lowest BCUT2D eigenvalue weighted by Gasteiger charge is -2.20. The van der Waals surface area contributed by atoms with E-state index in [9.17, 15) is 9.59 Å². The average Bonchev–Trinajstić information content (AvgIpc) is 2.74. The number of carboxylic acids is 1. The van der Waals surface area contributed by atoms with E-state index < -0.39 is 12.0 Å². The molecular weight excluding hydrogens is 384 g/mol. The van der Waals surface area contributed by atoms with Crippen LogP contribution in [-0.2, 0) is 31.9 Å². The number of ether oxygens (including phenoxy) is 2. The highest BCUT2D eigenvalue weighted by molar-refractivity contribution is 5.82. The van der Waals surface area contributed by atoms with Crippen molar-refractivity contribution in [2.45, 2.75) is 44.6 Å². The fraction of sp³-hybridized carbons (Fsp3) is 0.391. The number of carbonyl (C=O) groups excluding carboxylic acids is 1. The van der Waals surface area contributed by atoms with Gasteiger partial charge in [0, 0.05) is 27.6 Å². The molecule has 164 valence electrons. The first-order valence-corrected chi connectivity index (χ1v) is 9.76. The lowest BCUT2D eigenvalue weighted by atomic mass is 10.1. The summed E-state index contributed by atoms with van der Waals surface area (Å²) in [6.45, 7) is 1.31. The second-order valence-electron chi connectivity index (χ2n) is 6.81. The van der Waals surface area contributed by atoms with E-state index in [1.165, 1.54) is 12.5 Å². The maximum Gasteiger partial charge on any atom is 0.326 e. The summed E-state index contributed by atoms with van der Waals surface area (Å²) < 4.78 is 10.2. The highest BCUT2D eigenvalue weighted by atomic mass is 16.7. The Balaban J connectivity index is 0.000000300. The molecule has 7 nitrogen and oxygen atoms in total. The predicted octanol–water partition coefficient (Wildman–Crippen LogP) is 2.38. The Labute approximate surface area is 178 Å². The molecule has 0 saturated carbocycles. The number of aliphatic carboxylic acids is 1. The number of aryl methyl sites for hydroxylation is 1. The molecule has 0 fully saturated rings. The van der Waals surface area contributed by atoms with Crippen molar-refractivity contribution in [2.24, 2.45) is 5.73 Å². The first-order chi connectivity index (χ1) is 14.4. The van der Waals surface area contributed by atoms with Gasteiger partial charge in [-0.1, -0.05) is 60.7 Å². The second-order valence-corrected chi connectivity index (χ2v) is 6.81. The van der Waals surface area contributed by atoms with Crippen LogP contribution >= 0.6 is 0 Å². The molecule has 7 heteroatoms. The summed E-state index contributed by atoms with van der Waals surface area (Å²) >= 11 is 0. The third-order valence-corrected chi connectivity index (χ3v) is 4.38. The summed E-state index contributed by atoms with van der Waals surface area (Å²) in [5, 5.41) is 11.3. The number of methoxy groups -OCH3 is 2. The summed E-state index contributed by atoms with van der Waals surface area (Å²) in [4.78, 5) is 21.6. The van der Waals surface area contributed by atoms with Gasteiger partial charge in [-0.2, -0.15) is 0 Å². The Bertz CT molecular complexity index is 736. The van der Waals surface area contributed by atoms with E-state index in [2.05, 4.69) is 17.4 Å². The van der Waals surface area contributed by atoms with Gasteiger partial charge in [0.1, 0.15) is 6.04 Å². The van der Waals surface area contributed by atoms with Crippen LogP contribution in [0.15, 0.2) is 60.7 Å². The molecule has 30 heavy (non-hydrogen) atoms. The third-order valence-electron chi connectivity index (χ3n) is 4.38. The van der Waals surface area contributed by atoms with E-state index in [0.717, 1.165) is 18.4 Å². The van der Waals surface area contributed by atoms with Crippen molar-refractivity contribution >= 4 is 11.9 Å². The van der Waals surface area contributed by atoms with Gasteiger partial charge in [0.25, 0.3) is 0 Å². The number of rotatable bonds is 10. The van der Waals surface area contributed by atoms with Crippen molar-refractivity contribution < 1.29 is 24.2 Å². The van der Waals surface area contributed by atoms with Gasteiger partial charge in [0.05, 0.1) is 6.04 Å². The summed E-state index contributed by atoms with van der Waals surface area (Å²) in [6, 6.07) is 18.5. The van der Waals surface area contributed by atoms with E-state index in [1.807, 2.05) is 48.5 Å². The van der Waals surface area contributed by atoms with E-state index >= 15 is 0 Å². The smallest absolute Gasteiger partial charge is 0.326 e. The normalized spacial score (nSPS) is 12.4. The van der Waals surface area contributed by atoms with E-state index in [-0.39, 0.29) is 18.2 Å². The van der Waals surface area contributed by atoms with Crippen molar-refractivity contribution in [1.29, 1.82) is 0 Å². The van der Waals surface area contributed by atoms with Crippen molar-refractivity contribution in [1.82, 2.24) is 5.32 Å². The van der Waals surface area contributed by atoms with Crippen LogP contribution in [0.3, 0.4) is 0 Å². The van der Waals surface area contributed by atoms with E-state index in [0.29, 0.717) is 6.42 Å². The van der Waals surface area contributed by atoms with Gasteiger partial charge < -0.3 is 25.6 Å². The fourth-order valence-corrected chi connectivity index (χ4v) is 2.86. The second kappa shape index (κ2) is 14.3. The molecule has 2 aromatic rings. The molecule has 0 saturated heterocycles. The van der Waals surface area contributed by atoms with Gasteiger partial charge in [-0.25, -0.2) is 4.79 Å². The van der Waals surface area contributed by atoms with Crippen LogP contribution < -0.4 is 11.1 Å². The standard InChI is InChI=1S/C12H19NO2.C11H13NO3/c1-14-12(15-2)11(13)9-8-10-6-4-3-5-7-10;1-8(13)12-10(11(14)15)7-9-5-3-2-4-6-9/h3-7,11-12H,8-9,13H2,1-2H3;2-6,10H,7H2,1H3,(H,12,13)(H,14,15)/t11-;/m0./s1. The third kappa shape index (κ3) is 10.2. The lowest BCUT2D eigenvalue weighted by molar-refractivity contribution is -0.141. The van der Waals surface area contributed by atoms with Crippen LogP contribution in [0, 0.1) is 0 Å². The molecule has 0 radical (unpaired) electrons. The number of carbonyl (C=O) groups is 2. The van der Waals surface area contributed by atoms with Crippen LogP contribution in [0.25, 0.3) is 0 Å². The largest absolute Gasteiger partial charge is 0.480 e. The maximum absolute atomic E-state index is 10.8.